The van der Waals surface area contributed by atoms with Crippen LogP contribution >= 0.6 is 15.9 Å². The molecule has 0 spiro atoms. The second-order valence-electron chi connectivity index (χ2n) is 5.47. The lowest BCUT2D eigenvalue weighted by Crippen LogP contribution is -2.55. The molecule has 0 aliphatic carbocycles. The molecule has 110 valence electrons. The Balaban J connectivity index is 2.19. The van der Waals surface area contributed by atoms with Crippen LogP contribution in [-0.2, 0) is 11.2 Å². The molecule has 1 unspecified atom stereocenters. The second-order valence-corrected chi connectivity index (χ2v) is 6.39. The monoisotopic (exact) mass is 340 g/mol. The summed E-state index contributed by atoms with van der Waals surface area (Å²) in [5, 5.41) is 13.0. The summed E-state index contributed by atoms with van der Waals surface area (Å²) in [6.45, 7) is 5.25. The number of aliphatic carboxylic acids is 1. The Morgan fingerprint density at radius 2 is 2.05 bits per heavy atom. The standard InChI is InChI=1S/C15H21BrN2O2/c1-15(14(19)20,18-9-2-7-17-8-10-18)11-12-3-5-13(16)6-4-12/h3-6,17H,2,7-11H2,1H3,(H,19,20). The molecule has 2 rings (SSSR count). The predicted octanol–water partition coefficient (Wildman–Crippen LogP) is 2.13. The van der Waals surface area contributed by atoms with E-state index in [1.54, 1.807) is 0 Å². The van der Waals surface area contributed by atoms with Crippen molar-refractivity contribution in [1.29, 1.82) is 0 Å². The number of carbonyl (C=O) groups is 1. The van der Waals surface area contributed by atoms with Gasteiger partial charge in [0.25, 0.3) is 0 Å². The third-order valence-corrected chi connectivity index (χ3v) is 4.49. The predicted molar refractivity (Wildman–Crippen MR) is 82.9 cm³/mol. The van der Waals surface area contributed by atoms with Crippen LogP contribution in [0, 0.1) is 0 Å². The molecule has 0 aromatic heterocycles. The molecule has 1 atom stereocenters. The van der Waals surface area contributed by atoms with Gasteiger partial charge in [0.1, 0.15) is 5.54 Å². The molecule has 5 heteroatoms. The number of nitrogens with zero attached hydrogens (tertiary/aromatic N) is 1. The van der Waals surface area contributed by atoms with E-state index >= 15 is 0 Å². The average Bonchev–Trinajstić information content (AvgIpc) is 2.70. The van der Waals surface area contributed by atoms with Crippen molar-refractivity contribution < 1.29 is 9.90 Å². The van der Waals surface area contributed by atoms with E-state index in [2.05, 4.69) is 26.1 Å². The molecule has 1 heterocycles. The molecule has 4 nitrogen and oxygen atoms in total. The first-order valence-corrected chi connectivity index (χ1v) is 7.75. The number of nitrogens with one attached hydrogen (secondary N) is 1. The van der Waals surface area contributed by atoms with Gasteiger partial charge in [-0.15, -0.1) is 0 Å². The van der Waals surface area contributed by atoms with E-state index < -0.39 is 11.5 Å². The van der Waals surface area contributed by atoms with E-state index in [9.17, 15) is 9.90 Å². The second kappa shape index (κ2) is 6.70. The van der Waals surface area contributed by atoms with Gasteiger partial charge >= 0.3 is 5.97 Å². The molecule has 0 bridgehead atoms. The number of benzene rings is 1. The first-order valence-electron chi connectivity index (χ1n) is 6.96. The maximum atomic E-state index is 11.8. The van der Waals surface area contributed by atoms with Crippen molar-refractivity contribution in [3.8, 4) is 0 Å². The van der Waals surface area contributed by atoms with Crippen molar-refractivity contribution in [3.05, 3.63) is 34.3 Å². The summed E-state index contributed by atoms with van der Waals surface area (Å²) < 4.78 is 1.01. The SMILES string of the molecule is CC(Cc1ccc(Br)cc1)(C(=O)O)N1CCCNCC1. The maximum absolute atomic E-state index is 11.8. The summed E-state index contributed by atoms with van der Waals surface area (Å²) in [4.78, 5) is 13.9. The first kappa shape index (κ1) is 15.5. The highest BCUT2D eigenvalue weighted by Gasteiger charge is 2.39. The smallest absolute Gasteiger partial charge is 0.324 e. The van der Waals surface area contributed by atoms with Gasteiger partial charge in [-0.3, -0.25) is 9.69 Å². The number of carboxylic acids is 1. The molecular formula is C15H21BrN2O2. The third-order valence-electron chi connectivity index (χ3n) is 3.96. The van der Waals surface area contributed by atoms with Crippen molar-refractivity contribution in [3.63, 3.8) is 0 Å². The van der Waals surface area contributed by atoms with E-state index in [0.29, 0.717) is 6.42 Å². The number of hydrogen-bond donors (Lipinski definition) is 2. The highest BCUT2D eigenvalue weighted by molar-refractivity contribution is 9.10. The number of hydrogen-bond acceptors (Lipinski definition) is 3. The van der Waals surface area contributed by atoms with Crippen LogP contribution in [0.25, 0.3) is 0 Å². The van der Waals surface area contributed by atoms with Gasteiger partial charge in [-0.05, 0) is 37.6 Å². The summed E-state index contributed by atoms with van der Waals surface area (Å²) in [5.41, 5.74) is 0.204. The van der Waals surface area contributed by atoms with E-state index in [4.69, 9.17) is 0 Å². The maximum Gasteiger partial charge on any atom is 0.324 e. The van der Waals surface area contributed by atoms with Gasteiger partial charge < -0.3 is 10.4 Å². The minimum atomic E-state index is -0.847. The van der Waals surface area contributed by atoms with Gasteiger partial charge in [0.15, 0.2) is 0 Å². The summed E-state index contributed by atoms with van der Waals surface area (Å²) >= 11 is 3.41. The van der Waals surface area contributed by atoms with Crippen LogP contribution < -0.4 is 5.32 Å². The van der Waals surface area contributed by atoms with E-state index in [-0.39, 0.29) is 0 Å². The highest BCUT2D eigenvalue weighted by atomic mass is 79.9. The topological polar surface area (TPSA) is 52.6 Å². The fourth-order valence-electron chi connectivity index (χ4n) is 2.66. The van der Waals surface area contributed by atoms with Crippen molar-refractivity contribution in [2.45, 2.75) is 25.3 Å². The largest absolute Gasteiger partial charge is 0.480 e. The van der Waals surface area contributed by atoms with Crippen LogP contribution in [0.3, 0.4) is 0 Å². The van der Waals surface area contributed by atoms with Crippen LogP contribution in [0.5, 0.6) is 0 Å². The summed E-state index contributed by atoms with van der Waals surface area (Å²) in [6.07, 6.45) is 1.51. The quantitative estimate of drug-likeness (QED) is 0.881. The molecule has 1 aromatic rings. The Morgan fingerprint density at radius 3 is 2.70 bits per heavy atom. The molecular weight excluding hydrogens is 320 g/mol. The Morgan fingerprint density at radius 1 is 1.35 bits per heavy atom. The minimum Gasteiger partial charge on any atom is -0.480 e. The number of rotatable bonds is 4. The Kier molecular flexibility index (Phi) is 5.18. The fraction of sp³-hybridized carbons (Fsp3) is 0.533. The zero-order chi connectivity index (χ0) is 14.6. The lowest BCUT2D eigenvalue weighted by atomic mass is 9.90. The van der Waals surface area contributed by atoms with Crippen molar-refractivity contribution >= 4 is 21.9 Å². The molecule has 20 heavy (non-hydrogen) atoms. The van der Waals surface area contributed by atoms with Crippen LogP contribution in [0.15, 0.2) is 28.7 Å². The summed E-state index contributed by atoms with van der Waals surface area (Å²) in [5.74, 6) is -0.748. The Bertz CT molecular complexity index is 455. The van der Waals surface area contributed by atoms with E-state index in [1.807, 2.05) is 31.2 Å². The van der Waals surface area contributed by atoms with Crippen LogP contribution in [-0.4, -0.2) is 47.7 Å². The molecule has 0 radical (unpaired) electrons. The lowest BCUT2D eigenvalue weighted by Gasteiger charge is -2.37. The first-order chi connectivity index (χ1) is 9.52. The minimum absolute atomic E-state index is 0.523. The third kappa shape index (κ3) is 3.59. The van der Waals surface area contributed by atoms with E-state index in [1.165, 1.54) is 0 Å². The normalized spacial score (nSPS) is 20.1. The van der Waals surface area contributed by atoms with Crippen molar-refractivity contribution in [2.75, 3.05) is 26.2 Å². The fourth-order valence-corrected chi connectivity index (χ4v) is 2.93. The molecule has 0 amide bonds. The van der Waals surface area contributed by atoms with Crippen molar-refractivity contribution in [2.24, 2.45) is 0 Å². The van der Waals surface area contributed by atoms with Crippen molar-refractivity contribution in [1.82, 2.24) is 10.2 Å². The van der Waals surface area contributed by atoms with Gasteiger partial charge in [-0.1, -0.05) is 28.1 Å². The highest BCUT2D eigenvalue weighted by Crippen LogP contribution is 2.23. The zero-order valence-corrected chi connectivity index (χ0v) is 13.3. The van der Waals surface area contributed by atoms with Crippen LogP contribution in [0.1, 0.15) is 18.9 Å². The molecule has 1 aliphatic heterocycles. The van der Waals surface area contributed by atoms with Crippen LogP contribution in [0.4, 0.5) is 0 Å². The molecule has 1 saturated heterocycles. The van der Waals surface area contributed by atoms with Gasteiger partial charge in [0.05, 0.1) is 0 Å². The molecule has 1 aromatic carbocycles. The van der Waals surface area contributed by atoms with Gasteiger partial charge in [0.2, 0.25) is 0 Å². The van der Waals surface area contributed by atoms with Gasteiger partial charge in [0, 0.05) is 30.5 Å². The molecule has 2 N–H and O–H groups in total. The Labute approximate surface area is 128 Å². The average molecular weight is 341 g/mol. The summed E-state index contributed by atoms with van der Waals surface area (Å²) in [6, 6.07) is 7.89. The summed E-state index contributed by atoms with van der Waals surface area (Å²) in [7, 11) is 0. The van der Waals surface area contributed by atoms with Crippen LogP contribution in [0.2, 0.25) is 0 Å². The molecule has 1 fully saturated rings. The number of carboxylic acid groups (broad SMARTS) is 1. The van der Waals surface area contributed by atoms with E-state index in [0.717, 1.165) is 42.6 Å². The lowest BCUT2D eigenvalue weighted by molar-refractivity contribution is -0.150. The molecule has 1 aliphatic rings. The number of halogens is 1. The van der Waals surface area contributed by atoms with Gasteiger partial charge in [-0.25, -0.2) is 0 Å². The molecule has 0 saturated carbocycles. The van der Waals surface area contributed by atoms with Gasteiger partial charge in [-0.2, -0.15) is 0 Å². The zero-order valence-electron chi connectivity index (χ0n) is 11.7. The Hall–Kier alpha value is -0.910.